The van der Waals surface area contributed by atoms with E-state index in [-0.39, 0.29) is 18.7 Å². The zero-order valence-corrected chi connectivity index (χ0v) is 15.5. The average molecular weight is 336 g/mol. The van der Waals surface area contributed by atoms with Crippen LogP contribution in [0.2, 0.25) is 0 Å². The van der Waals surface area contributed by atoms with Crippen LogP contribution in [-0.4, -0.2) is 29.2 Å². The molecule has 0 unspecified atom stereocenters. The SMILES string of the molecule is CCCCCC#C[C@@H](C)N(C[C]1[CH][CH][CH][CH]1)[C@@H](CO)c1ccccc1. The summed E-state index contributed by atoms with van der Waals surface area (Å²) in [5.41, 5.74) is 1.14. The third kappa shape index (κ3) is 6.49. The first-order valence-corrected chi connectivity index (χ1v) is 9.36. The molecule has 2 rings (SSSR count). The fourth-order valence-corrected chi connectivity index (χ4v) is 3.09. The van der Waals surface area contributed by atoms with Gasteiger partial charge in [-0.05, 0) is 50.5 Å². The third-order valence-electron chi connectivity index (χ3n) is 4.57. The molecule has 25 heavy (non-hydrogen) atoms. The quantitative estimate of drug-likeness (QED) is 0.534. The van der Waals surface area contributed by atoms with Crippen molar-refractivity contribution in [2.24, 2.45) is 0 Å². The normalized spacial score (nSPS) is 17.3. The van der Waals surface area contributed by atoms with Crippen LogP contribution in [0.25, 0.3) is 0 Å². The fraction of sp³-hybridized carbons (Fsp3) is 0.435. The van der Waals surface area contributed by atoms with Gasteiger partial charge in [0.25, 0.3) is 0 Å². The van der Waals surface area contributed by atoms with E-state index in [0.717, 1.165) is 18.5 Å². The van der Waals surface area contributed by atoms with Gasteiger partial charge in [0.2, 0.25) is 0 Å². The van der Waals surface area contributed by atoms with Crippen LogP contribution in [0.4, 0.5) is 0 Å². The zero-order valence-electron chi connectivity index (χ0n) is 15.5. The minimum Gasteiger partial charge on any atom is -0.394 e. The van der Waals surface area contributed by atoms with E-state index in [1.54, 1.807) is 0 Å². The van der Waals surface area contributed by atoms with Crippen molar-refractivity contribution in [3.63, 3.8) is 0 Å². The standard InChI is InChI=1S/C23H30NO/c1-3-4-5-6-8-13-20(2)24(18-21-14-11-12-15-21)23(19-25)22-16-9-7-10-17-22/h7,9-12,14-17,20,23,25H,3-6,18-19H2,1-2H3/t20-,23+/m1/s1. The summed E-state index contributed by atoms with van der Waals surface area (Å²) in [6.07, 6.45) is 13.0. The second kappa shape index (κ2) is 11.3. The molecule has 2 heteroatoms. The molecule has 0 saturated heterocycles. The molecule has 0 heterocycles. The van der Waals surface area contributed by atoms with Gasteiger partial charge >= 0.3 is 0 Å². The lowest BCUT2D eigenvalue weighted by Gasteiger charge is -2.35. The van der Waals surface area contributed by atoms with Crippen molar-refractivity contribution >= 4 is 0 Å². The first-order valence-electron chi connectivity index (χ1n) is 9.36. The Kier molecular flexibility index (Phi) is 9.08. The van der Waals surface area contributed by atoms with Gasteiger partial charge in [-0.3, -0.25) is 4.90 Å². The molecular formula is C23H30NO. The second-order valence-electron chi connectivity index (χ2n) is 6.53. The van der Waals surface area contributed by atoms with Crippen LogP contribution in [0.15, 0.2) is 30.3 Å². The fourth-order valence-electron chi connectivity index (χ4n) is 3.09. The van der Waals surface area contributed by atoms with Gasteiger partial charge < -0.3 is 5.11 Å². The van der Waals surface area contributed by atoms with Gasteiger partial charge in [0.15, 0.2) is 0 Å². The van der Waals surface area contributed by atoms with E-state index in [1.807, 2.05) is 18.2 Å². The Labute approximate surface area is 154 Å². The Balaban J connectivity index is 2.10. The van der Waals surface area contributed by atoms with Crippen molar-refractivity contribution in [3.05, 3.63) is 67.5 Å². The van der Waals surface area contributed by atoms with Crippen molar-refractivity contribution in [1.82, 2.24) is 4.90 Å². The summed E-state index contributed by atoms with van der Waals surface area (Å²) in [5.74, 6) is 8.00. The van der Waals surface area contributed by atoms with E-state index in [0.29, 0.717) is 0 Å². The lowest BCUT2D eigenvalue weighted by atomic mass is 10.00. The largest absolute Gasteiger partial charge is 0.394 e. The van der Waals surface area contributed by atoms with Crippen LogP contribution in [0.3, 0.4) is 0 Å². The topological polar surface area (TPSA) is 23.5 Å². The van der Waals surface area contributed by atoms with Crippen LogP contribution >= 0.6 is 0 Å². The minimum atomic E-state index is -0.0453. The number of aliphatic hydroxyl groups excluding tert-OH is 1. The van der Waals surface area contributed by atoms with Gasteiger partial charge in [0, 0.05) is 13.0 Å². The molecule has 1 aromatic carbocycles. The van der Waals surface area contributed by atoms with Gasteiger partial charge in [-0.2, -0.15) is 0 Å². The van der Waals surface area contributed by atoms with Crippen molar-refractivity contribution < 1.29 is 5.11 Å². The maximum atomic E-state index is 10.1. The molecule has 1 aromatic rings. The molecule has 0 amide bonds. The minimum absolute atomic E-state index is 0.0453. The summed E-state index contributed by atoms with van der Waals surface area (Å²) in [7, 11) is 0. The lowest BCUT2D eigenvalue weighted by Crippen LogP contribution is -2.40. The van der Waals surface area contributed by atoms with Crippen molar-refractivity contribution in [2.45, 2.75) is 51.6 Å². The van der Waals surface area contributed by atoms with Gasteiger partial charge in [-0.1, -0.05) is 56.0 Å². The summed E-state index contributed by atoms with van der Waals surface area (Å²) in [5, 5.41) is 10.1. The molecule has 1 aliphatic carbocycles. The number of nitrogens with zero attached hydrogens (tertiary/aromatic N) is 1. The van der Waals surface area contributed by atoms with Crippen LogP contribution in [0.5, 0.6) is 0 Å². The first kappa shape index (κ1) is 20.0. The van der Waals surface area contributed by atoms with E-state index in [2.05, 4.69) is 68.4 Å². The zero-order chi connectivity index (χ0) is 17.9. The highest BCUT2D eigenvalue weighted by Crippen LogP contribution is 2.29. The molecule has 1 fully saturated rings. The van der Waals surface area contributed by atoms with E-state index < -0.39 is 0 Å². The van der Waals surface area contributed by atoms with Crippen LogP contribution < -0.4 is 0 Å². The monoisotopic (exact) mass is 336 g/mol. The molecule has 2 nitrogen and oxygen atoms in total. The molecule has 5 radical (unpaired) electrons. The van der Waals surface area contributed by atoms with Gasteiger partial charge in [-0.15, -0.1) is 5.92 Å². The van der Waals surface area contributed by atoms with Gasteiger partial charge in [0.1, 0.15) is 0 Å². The molecule has 133 valence electrons. The summed E-state index contributed by atoms with van der Waals surface area (Å²) in [6, 6.07) is 10.3. The summed E-state index contributed by atoms with van der Waals surface area (Å²) < 4.78 is 0. The maximum Gasteiger partial charge on any atom is 0.0691 e. The Hall–Kier alpha value is -1.30. The Morgan fingerprint density at radius 1 is 1.08 bits per heavy atom. The molecule has 0 bridgehead atoms. The Morgan fingerprint density at radius 3 is 2.44 bits per heavy atom. The predicted octanol–water partition coefficient (Wildman–Crippen LogP) is 4.40. The number of benzene rings is 1. The number of hydrogen-bond donors (Lipinski definition) is 1. The van der Waals surface area contributed by atoms with E-state index in [4.69, 9.17) is 0 Å². The van der Waals surface area contributed by atoms with Crippen molar-refractivity contribution in [3.8, 4) is 11.8 Å². The number of rotatable bonds is 9. The molecule has 2 atom stereocenters. The van der Waals surface area contributed by atoms with Crippen LogP contribution in [0, 0.1) is 43.4 Å². The van der Waals surface area contributed by atoms with E-state index in [9.17, 15) is 5.11 Å². The van der Waals surface area contributed by atoms with Gasteiger partial charge in [-0.25, -0.2) is 0 Å². The highest BCUT2D eigenvalue weighted by atomic mass is 16.3. The summed E-state index contributed by atoms with van der Waals surface area (Å²) in [6.45, 7) is 5.23. The molecule has 1 N–H and O–H groups in total. The number of unbranched alkanes of at least 4 members (excludes halogenated alkanes) is 3. The highest BCUT2D eigenvalue weighted by Gasteiger charge is 2.28. The lowest BCUT2D eigenvalue weighted by molar-refractivity contribution is 0.114. The van der Waals surface area contributed by atoms with Crippen molar-refractivity contribution in [2.75, 3.05) is 13.2 Å². The smallest absolute Gasteiger partial charge is 0.0691 e. The predicted molar refractivity (Wildman–Crippen MR) is 105 cm³/mol. The first-order chi connectivity index (χ1) is 12.3. The Morgan fingerprint density at radius 2 is 1.80 bits per heavy atom. The number of hydrogen-bond acceptors (Lipinski definition) is 2. The Bertz CT molecular complexity index is 524. The average Bonchev–Trinajstić information content (AvgIpc) is 3.15. The molecule has 1 saturated carbocycles. The maximum absolute atomic E-state index is 10.1. The summed E-state index contributed by atoms with van der Waals surface area (Å²) in [4.78, 5) is 2.30. The van der Waals surface area contributed by atoms with Crippen molar-refractivity contribution in [1.29, 1.82) is 0 Å². The second-order valence-corrected chi connectivity index (χ2v) is 6.53. The van der Waals surface area contributed by atoms with E-state index in [1.165, 1.54) is 25.2 Å². The molecule has 0 spiro atoms. The highest BCUT2D eigenvalue weighted by molar-refractivity contribution is 5.36. The molecular weight excluding hydrogens is 306 g/mol. The third-order valence-corrected chi connectivity index (χ3v) is 4.57. The molecule has 0 aliphatic heterocycles. The molecule has 0 aromatic heterocycles. The number of aliphatic hydroxyl groups is 1. The summed E-state index contributed by atoms with van der Waals surface area (Å²) >= 11 is 0. The van der Waals surface area contributed by atoms with Crippen LogP contribution in [-0.2, 0) is 0 Å². The van der Waals surface area contributed by atoms with E-state index >= 15 is 0 Å². The molecule has 1 aliphatic rings. The van der Waals surface area contributed by atoms with Gasteiger partial charge in [0.05, 0.1) is 18.7 Å². The van der Waals surface area contributed by atoms with Crippen LogP contribution in [0.1, 0.15) is 51.1 Å².